The number of aryl methyl sites for hydroxylation is 1. The van der Waals surface area contributed by atoms with Crippen molar-refractivity contribution in [2.75, 3.05) is 37.0 Å². The summed E-state index contributed by atoms with van der Waals surface area (Å²) in [7, 11) is -2.86. The Morgan fingerprint density at radius 3 is 2.44 bits per heavy atom. The Bertz CT molecular complexity index is 607. The Kier molecular flexibility index (Phi) is 8.24. The van der Waals surface area contributed by atoms with Gasteiger partial charge in [-0.1, -0.05) is 31.4 Å². The first kappa shape index (κ1) is 20.2. The number of hydrogen-bond donors (Lipinski definition) is 0. The number of morpholine rings is 1. The van der Waals surface area contributed by atoms with E-state index in [9.17, 15) is 8.42 Å². The summed E-state index contributed by atoms with van der Waals surface area (Å²) in [6, 6.07) is 8.85. The van der Waals surface area contributed by atoms with Crippen LogP contribution in [0.3, 0.4) is 0 Å². The van der Waals surface area contributed by atoms with Crippen molar-refractivity contribution in [2.24, 2.45) is 0 Å². The first-order chi connectivity index (χ1) is 12.0. The molecule has 1 heterocycles. The zero-order valence-corrected chi connectivity index (χ0v) is 16.6. The molecular formula is C20H33NO3S. The van der Waals surface area contributed by atoms with Crippen LogP contribution in [0.2, 0.25) is 0 Å². The predicted octanol–water partition coefficient (Wildman–Crippen LogP) is 3.84. The molecule has 1 aliphatic heterocycles. The van der Waals surface area contributed by atoms with E-state index in [0.717, 1.165) is 52.0 Å². The lowest BCUT2D eigenvalue weighted by Gasteiger charge is -2.29. The summed E-state index contributed by atoms with van der Waals surface area (Å²) in [5, 5.41) is -0.244. The van der Waals surface area contributed by atoms with E-state index in [1.54, 1.807) is 13.8 Å². The van der Waals surface area contributed by atoms with E-state index >= 15 is 0 Å². The standard InChI is InChI=1S/C20H33NO3S/c1-18(2)25(22,23)16-7-5-3-4-6-9-19-10-8-11-20(17-19)21-12-14-24-15-13-21/h8,10-11,17-18H,3-7,9,12-16H2,1-2H3. The van der Waals surface area contributed by atoms with Crippen molar-refractivity contribution in [1.82, 2.24) is 0 Å². The minimum absolute atomic E-state index is 0.244. The van der Waals surface area contributed by atoms with Gasteiger partial charge in [-0.3, -0.25) is 0 Å². The summed E-state index contributed by atoms with van der Waals surface area (Å²) in [5.74, 6) is 0.340. The average Bonchev–Trinajstić information content (AvgIpc) is 2.62. The quantitative estimate of drug-likeness (QED) is 0.590. The highest BCUT2D eigenvalue weighted by Gasteiger charge is 2.15. The van der Waals surface area contributed by atoms with Gasteiger partial charge in [0.25, 0.3) is 0 Å². The monoisotopic (exact) mass is 367 g/mol. The lowest BCUT2D eigenvalue weighted by Crippen LogP contribution is -2.36. The van der Waals surface area contributed by atoms with Crippen LogP contribution < -0.4 is 4.90 Å². The van der Waals surface area contributed by atoms with Gasteiger partial charge >= 0.3 is 0 Å². The van der Waals surface area contributed by atoms with Crippen LogP contribution in [-0.2, 0) is 21.0 Å². The summed E-state index contributed by atoms with van der Waals surface area (Å²) in [6.07, 6.45) is 6.37. The van der Waals surface area contributed by atoms with Crippen molar-refractivity contribution < 1.29 is 13.2 Å². The van der Waals surface area contributed by atoms with Crippen molar-refractivity contribution >= 4 is 15.5 Å². The lowest BCUT2D eigenvalue weighted by atomic mass is 10.0. The molecule has 1 fully saturated rings. The largest absolute Gasteiger partial charge is 0.378 e. The van der Waals surface area contributed by atoms with Gasteiger partial charge < -0.3 is 9.64 Å². The van der Waals surface area contributed by atoms with E-state index < -0.39 is 9.84 Å². The number of nitrogens with zero attached hydrogens (tertiary/aromatic N) is 1. The molecule has 0 aromatic heterocycles. The topological polar surface area (TPSA) is 46.6 Å². The van der Waals surface area contributed by atoms with Crippen molar-refractivity contribution in [3.63, 3.8) is 0 Å². The molecule has 0 unspecified atom stereocenters. The second-order valence-corrected chi connectivity index (χ2v) is 9.88. The molecule has 0 bridgehead atoms. The number of anilines is 1. The van der Waals surface area contributed by atoms with Crippen molar-refractivity contribution in [3.8, 4) is 0 Å². The fourth-order valence-corrected chi connectivity index (χ4v) is 4.21. The van der Waals surface area contributed by atoms with Gasteiger partial charge in [0, 0.05) is 18.8 Å². The maximum atomic E-state index is 11.8. The van der Waals surface area contributed by atoms with E-state index in [0.29, 0.717) is 5.75 Å². The van der Waals surface area contributed by atoms with Gasteiger partial charge in [0.05, 0.1) is 24.2 Å². The summed E-state index contributed by atoms with van der Waals surface area (Å²) in [6.45, 7) is 7.11. The number of sulfone groups is 1. The van der Waals surface area contributed by atoms with Gasteiger partial charge in [0.1, 0.15) is 0 Å². The van der Waals surface area contributed by atoms with Crippen LogP contribution in [0.4, 0.5) is 5.69 Å². The van der Waals surface area contributed by atoms with Crippen LogP contribution in [0.15, 0.2) is 24.3 Å². The maximum Gasteiger partial charge on any atom is 0.152 e. The molecular weight excluding hydrogens is 334 g/mol. The molecule has 4 nitrogen and oxygen atoms in total. The van der Waals surface area contributed by atoms with Gasteiger partial charge in [0.2, 0.25) is 0 Å². The third kappa shape index (κ3) is 6.98. The molecule has 5 heteroatoms. The predicted molar refractivity (Wildman–Crippen MR) is 105 cm³/mol. The van der Waals surface area contributed by atoms with E-state index in [1.165, 1.54) is 24.1 Å². The highest BCUT2D eigenvalue weighted by atomic mass is 32.2. The molecule has 0 radical (unpaired) electrons. The van der Waals surface area contributed by atoms with Gasteiger partial charge in [0.15, 0.2) is 9.84 Å². The van der Waals surface area contributed by atoms with Gasteiger partial charge in [-0.2, -0.15) is 0 Å². The molecule has 1 aromatic carbocycles. The fraction of sp³-hybridized carbons (Fsp3) is 0.700. The molecule has 0 atom stereocenters. The van der Waals surface area contributed by atoms with Crippen LogP contribution in [0.1, 0.15) is 51.5 Å². The first-order valence-electron chi connectivity index (χ1n) is 9.62. The molecule has 1 saturated heterocycles. The second kappa shape index (κ2) is 10.2. The van der Waals surface area contributed by atoms with Gasteiger partial charge in [-0.25, -0.2) is 8.42 Å². The fourth-order valence-electron chi connectivity index (χ4n) is 3.13. The minimum atomic E-state index is -2.86. The van der Waals surface area contributed by atoms with Gasteiger partial charge in [-0.05, 0) is 50.8 Å². The zero-order chi connectivity index (χ0) is 18.1. The molecule has 2 rings (SSSR count). The molecule has 142 valence electrons. The highest BCUT2D eigenvalue weighted by Crippen LogP contribution is 2.19. The Morgan fingerprint density at radius 1 is 1.04 bits per heavy atom. The normalized spacial score (nSPS) is 15.7. The van der Waals surface area contributed by atoms with Crippen LogP contribution in [-0.4, -0.2) is 45.7 Å². The number of ether oxygens (including phenoxy) is 1. The number of hydrogen-bond acceptors (Lipinski definition) is 4. The van der Waals surface area contributed by atoms with E-state index in [-0.39, 0.29) is 5.25 Å². The van der Waals surface area contributed by atoms with E-state index in [2.05, 4.69) is 29.2 Å². The molecule has 0 N–H and O–H groups in total. The number of benzene rings is 1. The Balaban J connectivity index is 1.63. The smallest absolute Gasteiger partial charge is 0.152 e. The lowest BCUT2D eigenvalue weighted by molar-refractivity contribution is 0.122. The van der Waals surface area contributed by atoms with Gasteiger partial charge in [-0.15, -0.1) is 0 Å². The maximum absolute atomic E-state index is 11.8. The van der Waals surface area contributed by atoms with Crippen LogP contribution in [0.25, 0.3) is 0 Å². The summed E-state index contributed by atoms with van der Waals surface area (Å²) < 4.78 is 28.9. The third-order valence-corrected chi connectivity index (χ3v) is 7.19. The molecule has 0 spiro atoms. The zero-order valence-electron chi connectivity index (χ0n) is 15.7. The molecule has 1 aromatic rings. The molecule has 25 heavy (non-hydrogen) atoms. The number of rotatable bonds is 10. The second-order valence-electron chi connectivity index (χ2n) is 7.20. The summed E-state index contributed by atoms with van der Waals surface area (Å²) in [4.78, 5) is 2.39. The van der Waals surface area contributed by atoms with Crippen molar-refractivity contribution in [1.29, 1.82) is 0 Å². The van der Waals surface area contributed by atoms with Crippen LogP contribution >= 0.6 is 0 Å². The molecule has 0 amide bonds. The van der Waals surface area contributed by atoms with Crippen LogP contribution in [0, 0.1) is 0 Å². The minimum Gasteiger partial charge on any atom is -0.378 e. The first-order valence-corrected chi connectivity index (χ1v) is 11.3. The van der Waals surface area contributed by atoms with E-state index in [1.807, 2.05) is 0 Å². The van der Waals surface area contributed by atoms with Crippen molar-refractivity contribution in [2.45, 2.75) is 57.6 Å². The molecule has 0 saturated carbocycles. The summed E-state index contributed by atoms with van der Waals surface area (Å²) in [5.41, 5.74) is 2.70. The third-order valence-electron chi connectivity index (χ3n) is 4.90. The Labute approximate surface area is 153 Å². The Morgan fingerprint density at radius 2 is 1.72 bits per heavy atom. The number of unbranched alkanes of at least 4 members (excludes halogenated alkanes) is 4. The molecule has 0 aliphatic carbocycles. The highest BCUT2D eigenvalue weighted by molar-refractivity contribution is 7.91. The summed E-state index contributed by atoms with van der Waals surface area (Å²) >= 11 is 0. The van der Waals surface area contributed by atoms with Crippen molar-refractivity contribution in [3.05, 3.63) is 29.8 Å². The Hall–Kier alpha value is -1.07. The van der Waals surface area contributed by atoms with Crippen LogP contribution in [0.5, 0.6) is 0 Å². The molecule has 1 aliphatic rings. The average molecular weight is 368 g/mol. The van der Waals surface area contributed by atoms with E-state index in [4.69, 9.17) is 4.74 Å². The SMILES string of the molecule is CC(C)S(=O)(=O)CCCCCCCc1cccc(N2CCOCC2)c1.